The van der Waals surface area contributed by atoms with Gasteiger partial charge in [-0.05, 0) is 12.1 Å². The van der Waals surface area contributed by atoms with Crippen LogP contribution in [0.4, 0.5) is 16.5 Å². The lowest BCUT2D eigenvalue weighted by molar-refractivity contribution is -0.394. The number of fused-ring (bicyclic) bond motifs is 1. The number of nitrogens with zero attached hydrogens (tertiary/aromatic N) is 5. The number of non-ortho nitro benzene ring substituents is 2. The summed E-state index contributed by atoms with van der Waals surface area (Å²) in [5.41, 5.74) is -0.364. The van der Waals surface area contributed by atoms with Crippen molar-refractivity contribution in [1.82, 2.24) is 15.2 Å². The molecule has 1 fully saturated rings. The molecule has 4 rings (SSSR count). The molecule has 0 atom stereocenters. The van der Waals surface area contributed by atoms with E-state index in [4.69, 9.17) is 14.5 Å². The molecule has 1 N–H and O–H groups in total. The van der Waals surface area contributed by atoms with E-state index in [9.17, 15) is 25.0 Å². The van der Waals surface area contributed by atoms with E-state index < -0.39 is 27.1 Å². The van der Waals surface area contributed by atoms with Crippen molar-refractivity contribution in [2.75, 3.05) is 58.4 Å². The highest BCUT2D eigenvalue weighted by atomic mass is 32.1. The summed E-state index contributed by atoms with van der Waals surface area (Å²) in [4.78, 5) is 42.1. The van der Waals surface area contributed by atoms with Gasteiger partial charge in [0.1, 0.15) is 21.7 Å². The molecule has 2 heterocycles. The number of amides is 1. The van der Waals surface area contributed by atoms with Crippen molar-refractivity contribution in [3.05, 3.63) is 56.1 Å². The van der Waals surface area contributed by atoms with Gasteiger partial charge in [0.05, 0.1) is 35.7 Å². The number of methoxy groups -OCH3 is 2. The van der Waals surface area contributed by atoms with Gasteiger partial charge < -0.3 is 19.7 Å². The van der Waals surface area contributed by atoms with Gasteiger partial charge in [0.2, 0.25) is 0 Å². The molecule has 14 heteroatoms. The van der Waals surface area contributed by atoms with Crippen LogP contribution in [0.25, 0.3) is 10.2 Å². The maximum atomic E-state index is 12.5. The van der Waals surface area contributed by atoms with E-state index in [1.54, 1.807) is 25.6 Å². The number of piperazine rings is 1. The molecule has 0 saturated carbocycles. The van der Waals surface area contributed by atoms with E-state index in [-0.39, 0.29) is 5.56 Å². The van der Waals surface area contributed by atoms with E-state index in [0.29, 0.717) is 18.8 Å². The Kier molecular flexibility index (Phi) is 7.45. The first-order chi connectivity index (χ1) is 17.3. The number of carbonyl (C=O) groups is 1. The van der Waals surface area contributed by atoms with Gasteiger partial charge in [-0.3, -0.25) is 29.9 Å². The van der Waals surface area contributed by atoms with Gasteiger partial charge in [0, 0.05) is 51.4 Å². The summed E-state index contributed by atoms with van der Waals surface area (Å²) in [5, 5.41) is 25.6. The molecule has 3 aromatic rings. The molecule has 1 aromatic heterocycles. The topological polar surface area (TPSA) is 153 Å². The minimum Gasteiger partial charge on any atom is -0.495 e. The number of nitro benzene ring substituents is 2. The van der Waals surface area contributed by atoms with E-state index >= 15 is 0 Å². The molecule has 190 valence electrons. The molecule has 0 bridgehead atoms. The minimum atomic E-state index is -0.763. The fourth-order valence-electron chi connectivity index (χ4n) is 3.94. The average Bonchev–Trinajstić information content (AvgIpc) is 3.33. The number of nitrogens with one attached hydrogen (secondary N) is 1. The zero-order valence-electron chi connectivity index (χ0n) is 19.6. The fraction of sp³-hybridized carbons (Fsp3) is 0.364. The molecule has 1 amide bonds. The Morgan fingerprint density at radius 1 is 1.03 bits per heavy atom. The lowest BCUT2D eigenvalue weighted by atomic mass is 10.1. The standard InChI is InChI=1S/C22H24N6O7S/c1-34-17-3-4-18(35-2)20-19(17)24-22(36-20)26-9-7-25(8-10-26)6-5-23-21(29)14-11-15(27(30)31)13-16(12-14)28(32)33/h3-4,11-13H,5-10H2,1-2H3,(H,23,29). The van der Waals surface area contributed by atoms with Crippen LogP contribution in [-0.4, -0.2) is 79.1 Å². The molecule has 1 saturated heterocycles. The van der Waals surface area contributed by atoms with Crippen molar-refractivity contribution in [2.24, 2.45) is 0 Å². The molecule has 0 spiro atoms. The summed E-state index contributed by atoms with van der Waals surface area (Å²) >= 11 is 1.55. The lowest BCUT2D eigenvalue weighted by Gasteiger charge is -2.34. The lowest BCUT2D eigenvalue weighted by Crippen LogP contribution is -2.48. The maximum absolute atomic E-state index is 12.5. The van der Waals surface area contributed by atoms with Crippen molar-refractivity contribution in [2.45, 2.75) is 0 Å². The molecule has 13 nitrogen and oxygen atoms in total. The molecule has 1 aliphatic rings. The van der Waals surface area contributed by atoms with Crippen molar-refractivity contribution >= 4 is 44.0 Å². The number of carbonyl (C=O) groups excluding carboxylic acids is 1. The van der Waals surface area contributed by atoms with E-state index in [1.165, 1.54) is 0 Å². The Morgan fingerprint density at radius 2 is 1.64 bits per heavy atom. The number of nitro groups is 2. The number of thiazole rings is 1. The molecule has 1 aliphatic heterocycles. The molecule has 0 radical (unpaired) electrons. The Balaban J connectivity index is 1.32. The van der Waals surface area contributed by atoms with Crippen molar-refractivity contribution in [3.8, 4) is 11.5 Å². The average molecular weight is 517 g/mol. The highest BCUT2D eigenvalue weighted by Gasteiger charge is 2.23. The third-order valence-electron chi connectivity index (χ3n) is 5.84. The molecular formula is C22H24N6O7S. The quantitative estimate of drug-likeness (QED) is 0.332. The summed E-state index contributed by atoms with van der Waals surface area (Å²) in [6.45, 7) is 3.86. The Morgan fingerprint density at radius 3 is 2.22 bits per heavy atom. The summed E-state index contributed by atoms with van der Waals surface area (Å²) in [7, 11) is 3.23. The van der Waals surface area contributed by atoms with E-state index in [2.05, 4.69) is 15.1 Å². The third-order valence-corrected chi connectivity index (χ3v) is 6.97. The van der Waals surface area contributed by atoms with E-state index in [1.807, 2.05) is 12.1 Å². The minimum absolute atomic E-state index is 0.123. The van der Waals surface area contributed by atoms with Crippen LogP contribution < -0.4 is 19.7 Å². The predicted octanol–water partition coefficient (Wildman–Crippen LogP) is 2.68. The van der Waals surface area contributed by atoms with Gasteiger partial charge in [-0.15, -0.1) is 0 Å². The van der Waals surface area contributed by atoms with Crippen LogP contribution in [0.3, 0.4) is 0 Å². The highest BCUT2D eigenvalue weighted by molar-refractivity contribution is 7.22. The van der Waals surface area contributed by atoms with E-state index in [0.717, 1.165) is 65.5 Å². The molecular weight excluding hydrogens is 492 g/mol. The van der Waals surface area contributed by atoms with Crippen LogP contribution in [0.5, 0.6) is 11.5 Å². The van der Waals surface area contributed by atoms with Crippen LogP contribution in [-0.2, 0) is 0 Å². The second-order valence-electron chi connectivity index (χ2n) is 7.98. The van der Waals surface area contributed by atoms with Crippen LogP contribution in [0.2, 0.25) is 0 Å². The van der Waals surface area contributed by atoms with Crippen LogP contribution in [0.1, 0.15) is 10.4 Å². The Bertz CT molecular complexity index is 1230. The summed E-state index contributed by atoms with van der Waals surface area (Å²) in [6.07, 6.45) is 0. The highest BCUT2D eigenvalue weighted by Crippen LogP contribution is 2.40. The van der Waals surface area contributed by atoms with Crippen molar-refractivity contribution in [1.29, 1.82) is 0 Å². The van der Waals surface area contributed by atoms with Gasteiger partial charge in [-0.2, -0.15) is 0 Å². The number of hydrogen-bond donors (Lipinski definition) is 1. The number of anilines is 1. The molecule has 36 heavy (non-hydrogen) atoms. The largest absolute Gasteiger partial charge is 0.495 e. The zero-order chi connectivity index (χ0) is 25.8. The van der Waals surface area contributed by atoms with Crippen molar-refractivity contribution in [3.63, 3.8) is 0 Å². The van der Waals surface area contributed by atoms with Gasteiger partial charge >= 0.3 is 0 Å². The second kappa shape index (κ2) is 10.7. The normalized spacial score (nSPS) is 14.0. The van der Waals surface area contributed by atoms with Gasteiger partial charge in [-0.1, -0.05) is 11.3 Å². The number of rotatable bonds is 9. The van der Waals surface area contributed by atoms with Gasteiger partial charge in [0.15, 0.2) is 5.13 Å². The third kappa shape index (κ3) is 5.28. The first kappa shape index (κ1) is 25.1. The van der Waals surface area contributed by atoms with Gasteiger partial charge in [-0.25, -0.2) is 4.98 Å². The monoisotopic (exact) mass is 516 g/mol. The number of ether oxygens (including phenoxy) is 2. The fourth-order valence-corrected chi connectivity index (χ4v) is 5.07. The number of aromatic nitrogens is 1. The Hall–Kier alpha value is -4.04. The van der Waals surface area contributed by atoms with Crippen LogP contribution in [0, 0.1) is 20.2 Å². The first-order valence-electron chi connectivity index (χ1n) is 11.0. The summed E-state index contributed by atoms with van der Waals surface area (Å²) < 4.78 is 11.8. The number of hydrogen-bond acceptors (Lipinski definition) is 11. The molecule has 0 unspecified atom stereocenters. The van der Waals surface area contributed by atoms with Crippen molar-refractivity contribution < 1.29 is 24.1 Å². The van der Waals surface area contributed by atoms with Crippen LogP contribution in [0.15, 0.2) is 30.3 Å². The van der Waals surface area contributed by atoms with Crippen LogP contribution >= 0.6 is 11.3 Å². The number of benzene rings is 2. The van der Waals surface area contributed by atoms with Gasteiger partial charge in [0.25, 0.3) is 17.3 Å². The zero-order valence-corrected chi connectivity index (χ0v) is 20.4. The first-order valence-corrected chi connectivity index (χ1v) is 11.8. The maximum Gasteiger partial charge on any atom is 0.277 e. The molecule has 2 aromatic carbocycles. The Labute approximate surface area is 209 Å². The second-order valence-corrected chi connectivity index (χ2v) is 8.96. The SMILES string of the molecule is COc1ccc(OC)c2sc(N3CCN(CCNC(=O)c4cc([N+](=O)[O-])cc([N+](=O)[O-])c4)CC3)nc12. The predicted molar refractivity (Wildman–Crippen MR) is 133 cm³/mol. The summed E-state index contributed by atoms with van der Waals surface area (Å²) in [5.74, 6) is 0.840. The summed E-state index contributed by atoms with van der Waals surface area (Å²) in [6, 6.07) is 6.59. The smallest absolute Gasteiger partial charge is 0.277 e. The molecule has 0 aliphatic carbocycles.